The quantitative estimate of drug-likeness (QED) is 0.868. The number of ether oxygens (including phenoxy) is 1. The first-order valence-corrected chi connectivity index (χ1v) is 5.31. The lowest BCUT2D eigenvalue weighted by Crippen LogP contribution is -2.13. The average molecular weight is 240 g/mol. The van der Waals surface area contributed by atoms with Gasteiger partial charge < -0.3 is 4.74 Å². The second-order valence-corrected chi connectivity index (χ2v) is 3.73. The number of hydrogen-bond acceptors (Lipinski definition) is 2. The van der Waals surface area contributed by atoms with Gasteiger partial charge >= 0.3 is 6.09 Å². The van der Waals surface area contributed by atoms with E-state index in [-0.39, 0.29) is 0 Å². The number of anilines is 1. The third kappa shape index (κ3) is 3.28. The van der Waals surface area contributed by atoms with E-state index in [1.165, 1.54) is 0 Å². The van der Waals surface area contributed by atoms with E-state index in [1.807, 2.05) is 13.0 Å². The molecular formula is C12H14ClNO2. The van der Waals surface area contributed by atoms with Crippen LogP contribution >= 0.6 is 11.6 Å². The highest BCUT2D eigenvalue weighted by Gasteiger charge is 2.05. The lowest BCUT2D eigenvalue weighted by molar-refractivity contribution is 0.168. The predicted molar refractivity (Wildman–Crippen MR) is 66.8 cm³/mol. The summed E-state index contributed by atoms with van der Waals surface area (Å²) in [6.07, 6.45) is -0.485. The van der Waals surface area contributed by atoms with Crippen molar-refractivity contribution in [1.82, 2.24) is 0 Å². The van der Waals surface area contributed by atoms with Crippen LogP contribution in [0.3, 0.4) is 0 Å². The van der Waals surface area contributed by atoms with Crippen molar-refractivity contribution >= 4 is 29.0 Å². The number of rotatable bonds is 3. The maximum Gasteiger partial charge on any atom is 0.411 e. The molecule has 1 N–H and O–H groups in total. The molecule has 0 atom stereocenters. The first-order chi connectivity index (χ1) is 7.54. The van der Waals surface area contributed by atoms with Crippen LogP contribution in [0, 0.1) is 0 Å². The van der Waals surface area contributed by atoms with Gasteiger partial charge in [-0.3, -0.25) is 5.32 Å². The largest absolute Gasteiger partial charge is 0.450 e. The van der Waals surface area contributed by atoms with E-state index in [9.17, 15) is 4.79 Å². The van der Waals surface area contributed by atoms with E-state index < -0.39 is 6.09 Å². The Bertz CT molecular complexity index is 415. The van der Waals surface area contributed by atoms with E-state index in [4.69, 9.17) is 16.3 Å². The lowest BCUT2D eigenvalue weighted by atomic mass is 10.1. The van der Waals surface area contributed by atoms with Crippen molar-refractivity contribution in [3.63, 3.8) is 0 Å². The van der Waals surface area contributed by atoms with Crippen molar-refractivity contribution in [2.75, 3.05) is 11.9 Å². The first kappa shape index (κ1) is 12.6. The minimum atomic E-state index is -0.485. The minimum absolute atomic E-state index is 0.337. The molecule has 1 amide bonds. The molecule has 3 nitrogen and oxygen atoms in total. The molecule has 0 unspecified atom stereocenters. The highest BCUT2D eigenvalue weighted by molar-refractivity contribution is 6.32. The SMILES string of the molecule is C=C(C)c1ccc(NC(=O)OCC)cc1Cl. The van der Waals surface area contributed by atoms with Gasteiger partial charge in [-0.05, 0) is 37.1 Å². The van der Waals surface area contributed by atoms with Crippen LogP contribution in [-0.2, 0) is 4.74 Å². The first-order valence-electron chi connectivity index (χ1n) is 4.93. The number of nitrogens with one attached hydrogen (secondary N) is 1. The zero-order chi connectivity index (χ0) is 12.1. The van der Waals surface area contributed by atoms with Gasteiger partial charge in [0.15, 0.2) is 0 Å². The second-order valence-electron chi connectivity index (χ2n) is 3.32. The van der Waals surface area contributed by atoms with E-state index in [2.05, 4.69) is 11.9 Å². The average Bonchev–Trinajstić information content (AvgIpc) is 2.17. The lowest BCUT2D eigenvalue weighted by Gasteiger charge is -2.08. The van der Waals surface area contributed by atoms with Crippen LogP contribution in [0.4, 0.5) is 10.5 Å². The Labute approximate surface area is 100 Å². The molecule has 0 saturated heterocycles. The normalized spacial score (nSPS) is 9.69. The maximum absolute atomic E-state index is 11.1. The van der Waals surface area contributed by atoms with E-state index >= 15 is 0 Å². The molecule has 0 aromatic heterocycles. The molecule has 0 heterocycles. The number of hydrogen-bond donors (Lipinski definition) is 1. The number of benzene rings is 1. The number of carbonyl (C=O) groups excluding carboxylic acids is 1. The summed E-state index contributed by atoms with van der Waals surface area (Å²) in [7, 11) is 0. The van der Waals surface area contributed by atoms with Crippen LogP contribution < -0.4 is 5.32 Å². The van der Waals surface area contributed by atoms with Crippen LogP contribution in [-0.4, -0.2) is 12.7 Å². The van der Waals surface area contributed by atoms with Crippen molar-refractivity contribution in [2.45, 2.75) is 13.8 Å². The zero-order valence-corrected chi connectivity index (χ0v) is 10.1. The van der Waals surface area contributed by atoms with Gasteiger partial charge in [0.2, 0.25) is 0 Å². The number of amides is 1. The highest BCUT2D eigenvalue weighted by atomic mass is 35.5. The van der Waals surface area contributed by atoms with E-state index in [0.29, 0.717) is 17.3 Å². The molecule has 1 aromatic carbocycles. The standard InChI is InChI=1S/C12H14ClNO2/c1-4-16-12(15)14-9-5-6-10(8(2)3)11(13)7-9/h5-7H,2,4H2,1,3H3,(H,14,15). The molecule has 0 bridgehead atoms. The van der Waals surface area contributed by atoms with Gasteiger partial charge in [-0.15, -0.1) is 0 Å². The Hall–Kier alpha value is -1.48. The maximum atomic E-state index is 11.1. The van der Waals surface area contributed by atoms with Gasteiger partial charge in [0.25, 0.3) is 0 Å². The Morgan fingerprint density at radius 3 is 2.75 bits per heavy atom. The molecule has 0 radical (unpaired) electrons. The molecular weight excluding hydrogens is 226 g/mol. The van der Waals surface area contributed by atoms with Crippen LogP contribution in [0.25, 0.3) is 5.57 Å². The molecule has 86 valence electrons. The Morgan fingerprint density at radius 2 is 2.25 bits per heavy atom. The van der Waals surface area contributed by atoms with Gasteiger partial charge in [-0.1, -0.05) is 24.2 Å². The molecule has 0 aliphatic rings. The third-order valence-corrected chi connectivity index (χ3v) is 2.26. The summed E-state index contributed by atoms with van der Waals surface area (Å²) in [5.74, 6) is 0. The second kappa shape index (κ2) is 5.56. The van der Waals surface area contributed by atoms with Crippen LogP contribution in [0.5, 0.6) is 0 Å². The summed E-state index contributed by atoms with van der Waals surface area (Å²) in [6, 6.07) is 5.24. The van der Waals surface area contributed by atoms with Crippen LogP contribution in [0.1, 0.15) is 19.4 Å². The number of allylic oxidation sites excluding steroid dienone is 1. The van der Waals surface area contributed by atoms with E-state index in [0.717, 1.165) is 11.1 Å². The monoisotopic (exact) mass is 239 g/mol. The zero-order valence-electron chi connectivity index (χ0n) is 9.34. The Balaban J connectivity index is 2.81. The van der Waals surface area contributed by atoms with Gasteiger partial charge in [0, 0.05) is 5.69 Å². The molecule has 16 heavy (non-hydrogen) atoms. The number of carbonyl (C=O) groups is 1. The molecule has 1 aromatic rings. The highest BCUT2D eigenvalue weighted by Crippen LogP contribution is 2.25. The summed E-state index contributed by atoms with van der Waals surface area (Å²) in [5.41, 5.74) is 2.36. The van der Waals surface area contributed by atoms with E-state index in [1.54, 1.807) is 19.1 Å². The predicted octanol–water partition coefficient (Wildman–Crippen LogP) is 3.94. The van der Waals surface area contributed by atoms with Crippen molar-refractivity contribution in [2.24, 2.45) is 0 Å². The smallest absolute Gasteiger partial charge is 0.411 e. The van der Waals surface area contributed by atoms with Gasteiger partial charge in [0.05, 0.1) is 11.6 Å². The third-order valence-electron chi connectivity index (χ3n) is 1.95. The fourth-order valence-corrected chi connectivity index (χ4v) is 1.57. The van der Waals surface area contributed by atoms with Crippen LogP contribution in [0.15, 0.2) is 24.8 Å². The number of halogens is 1. The molecule has 0 fully saturated rings. The molecule has 0 spiro atoms. The molecule has 4 heteroatoms. The van der Waals surface area contributed by atoms with Gasteiger partial charge in [-0.25, -0.2) is 4.79 Å². The molecule has 1 rings (SSSR count). The Kier molecular flexibility index (Phi) is 4.38. The molecule has 0 aliphatic heterocycles. The van der Waals surface area contributed by atoms with Crippen LogP contribution in [0.2, 0.25) is 5.02 Å². The summed E-state index contributed by atoms with van der Waals surface area (Å²) in [6.45, 7) is 7.77. The molecule has 0 saturated carbocycles. The van der Waals surface area contributed by atoms with Crippen molar-refractivity contribution in [3.8, 4) is 0 Å². The topological polar surface area (TPSA) is 38.3 Å². The molecule has 0 aliphatic carbocycles. The minimum Gasteiger partial charge on any atom is -0.450 e. The van der Waals surface area contributed by atoms with Crippen molar-refractivity contribution in [1.29, 1.82) is 0 Å². The van der Waals surface area contributed by atoms with Gasteiger partial charge in [0.1, 0.15) is 0 Å². The Morgan fingerprint density at radius 1 is 1.56 bits per heavy atom. The van der Waals surface area contributed by atoms with Crippen molar-refractivity contribution < 1.29 is 9.53 Å². The fourth-order valence-electron chi connectivity index (χ4n) is 1.22. The fraction of sp³-hybridized carbons (Fsp3) is 0.250. The summed E-state index contributed by atoms with van der Waals surface area (Å²) < 4.78 is 4.75. The van der Waals surface area contributed by atoms with Gasteiger partial charge in [-0.2, -0.15) is 0 Å². The van der Waals surface area contributed by atoms with Crippen molar-refractivity contribution in [3.05, 3.63) is 35.4 Å². The summed E-state index contributed by atoms with van der Waals surface area (Å²) >= 11 is 6.03. The summed E-state index contributed by atoms with van der Waals surface area (Å²) in [4.78, 5) is 11.1. The summed E-state index contributed by atoms with van der Waals surface area (Å²) in [5, 5.41) is 3.13.